The van der Waals surface area contributed by atoms with E-state index in [0.29, 0.717) is 11.4 Å². The van der Waals surface area contributed by atoms with Crippen LogP contribution in [0.15, 0.2) is 42.5 Å². The van der Waals surface area contributed by atoms with Crippen LogP contribution in [0.4, 0.5) is 0 Å². The first kappa shape index (κ1) is 13.4. The molecule has 4 nitrogen and oxygen atoms in total. The van der Waals surface area contributed by atoms with Crippen molar-refractivity contribution in [1.82, 2.24) is 0 Å². The molecule has 0 bridgehead atoms. The molecule has 0 saturated carbocycles. The zero-order valence-corrected chi connectivity index (χ0v) is 10.7. The van der Waals surface area contributed by atoms with E-state index in [1.807, 2.05) is 12.1 Å². The van der Waals surface area contributed by atoms with Crippen LogP contribution < -0.4 is 10.7 Å². The molecule has 19 heavy (non-hydrogen) atoms. The summed E-state index contributed by atoms with van der Waals surface area (Å²) in [5.41, 5.74) is 1.96. The van der Waals surface area contributed by atoms with E-state index in [1.54, 1.807) is 30.3 Å². The summed E-state index contributed by atoms with van der Waals surface area (Å²) in [7, 11) is 0. The number of carbonyl (C=O) groups is 1. The summed E-state index contributed by atoms with van der Waals surface area (Å²) in [6.07, 6.45) is 0.613. The monoisotopic (exact) mass is 277 g/mol. The minimum absolute atomic E-state index is 0.0500. The molecule has 0 aliphatic heterocycles. The number of benzene rings is 2. The molecule has 0 atom stereocenters. The van der Waals surface area contributed by atoms with Gasteiger partial charge in [-0.25, -0.2) is 4.79 Å². The van der Waals surface area contributed by atoms with Gasteiger partial charge in [0.15, 0.2) is 5.75 Å². The van der Waals surface area contributed by atoms with Gasteiger partial charge in [0.2, 0.25) is 0 Å². The lowest BCUT2D eigenvalue weighted by atomic mass is 10.0. The molecule has 0 aliphatic rings. The number of nitrogens with two attached hydrogens (primary N) is 1. The Morgan fingerprint density at radius 2 is 1.79 bits per heavy atom. The Morgan fingerprint density at radius 3 is 2.37 bits per heavy atom. The van der Waals surface area contributed by atoms with Crippen molar-refractivity contribution >= 4 is 17.6 Å². The first-order valence-corrected chi connectivity index (χ1v) is 5.95. The van der Waals surface area contributed by atoms with Crippen LogP contribution in [0.3, 0.4) is 0 Å². The summed E-state index contributed by atoms with van der Waals surface area (Å²) in [5.74, 6) is 4.10. The fraction of sp³-hybridized carbons (Fsp3) is 0.0714. The van der Waals surface area contributed by atoms with Gasteiger partial charge in [-0.2, -0.15) is 5.90 Å². The Labute approximate surface area is 115 Å². The van der Waals surface area contributed by atoms with Crippen LogP contribution in [0.5, 0.6) is 5.75 Å². The van der Waals surface area contributed by atoms with Crippen LogP contribution in [0, 0.1) is 0 Å². The van der Waals surface area contributed by atoms with Crippen LogP contribution in [-0.4, -0.2) is 11.1 Å². The molecular formula is C14H12ClNO3. The summed E-state index contributed by atoms with van der Waals surface area (Å²) >= 11 is 5.81. The van der Waals surface area contributed by atoms with Crippen molar-refractivity contribution in [3.8, 4) is 5.75 Å². The third-order valence-corrected chi connectivity index (χ3v) is 2.97. The molecule has 2 rings (SSSR count). The van der Waals surface area contributed by atoms with Crippen molar-refractivity contribution in [2.45, 2.75) is 6.42 Å². The van der Waals surface area contributed by atoms with E-state index in [4.69, 9.17) is 22.6 Å². The van der Waals surface area contributed by atoms with E-state index in [1.165, 1.54) is 0 Å². The van der Waals surface area contributed by atoms with Gasteiger partial charge < -0.3 is 9.94 Å². The number of carboxylic acid groups (broad SMARTS) is 1. The maximum atomic E-state index is 11.1. The average molecular weight is 278 g/mol. The van der Waals surface area contributed by atoms with Gasteiger partial charge >= 0.3 is 5.97 Å². The predicted octanol–water partition coefficient (Wildman–Crippen LogP) is 2.88. The van der Waals surface area contributed by atoms with E-state index in [9.17, 15) is 4.79 Å². The standard InChI is InChI=1S/C14H12ClNO3/c15-11-4-1-9(2-5-11)7-10-3-6-13(19-16)12(8-10)14(17)18/h1-6,8H,7,16H2,(H,17,18). The van der Waals surface area contributed by atoms with Crippen molar-refractivity contribution in [3.05, 3.63) is 64.2 Å². The van der Waals surface area contributed by atoms with Crippen molar-refractivity contribution < 1.29 is 14.7 Å². The molecule has 0 radical (unpaired) electrons. The predicted molar refractivity (Wildman–Crippen MR) is 72.5 cm³/mol. The summed E-state index contributed by atoms with van der Waals surface area (Å²) in [6.45, 7) is 0. The number of hydrogen-bond donors (Lipinski definition) is 2. The minimum Gasteiger partial charge on any atom is -0.478 e. The lowest BCUT2D eigenvalue weighted by Gasteiger charge is -2.07. The fourth-order valence-electron chi connectivity index (χ4n) is 1.79. The zero-order valence-electron chi connectivity index (χ0n) is 9.97. The van der Waals surface area contributed by atoms with Gasteiger partial charge in [-0.3, -0.25) is 0 Å². The Balaban J connectivity index is 2.28. The van der Waals surface area contributed by atoms with Gasteiger partial charge in [0.05, 0.1) is 0 Å². The van der Waals surface area contributed by atoms with E-state index in [2.05, 4.69) is 4.84 Å². The molecule has 0 saturated heterocycles. The quantitative estimate of drug-likeness (QED) is 0.843. The first-order chi connectivity index (χ1) is 9.10. The van der Waals surface area contributed by atoms with Crippen molar-refractivity contribution in [3.63, 3.8) is 0 Å². The summed E-state index contributed by atoms with van der Waals surface area (Å²) in [4.78, 5) is 15.6. The molecule has 0 unspecified atom stereocenters. The normalized spacial score (nSPS) is 10.2. The Morgan fingerprint density at radius 1 is 1.16 bits per heavy atom. The Hall–Kier alpha value is -2.04. The maximum Gasteiger partial charge on any atom is 0.339 e. The molecule has 5 heteroatoms. The van der Waals surface area contributed by atoms with Crippen LogP contribution in [0.1, 0.15) is 21.5 Å². The van der Waals surface area contributed by atoms with Gasteiger partial charge in [0, 0.05) is 5.02 Å². The second-order valence-corrected chi connectivity index (χ2v) is 4.49. The second-order valence-electron chi connectivity index (χ2n) is 4.06. The molecule has 0 aliphatic carbocycles. The SMILES string of the molecule is NOc1ccc(Cc2ccc(Cl)cc2)cc1C(=O)O. The van der Waals surface area contributed by atoms with Gasteiger partial charge in [-0.05, 0) is 41.8 Å². The van der Waals surface area contributed by atoms with Crippen molar-refractivity contribution in [2.24, 2.45) is 5.90 Å². The third kappa shape index (κ3) is 3.24. The van der Waals surface area contributed by atoms with Crippen molar-refractivity contribution in [1.29, 1.82) is 0 Å². The van der Waals surface area contributed by atoms with E-state index >= 15 is 0 Å². The van der Waals surface area contributed by atoms with Gasteiger partial charge in [0.1, 0.15) is 5.56 Å². The van der Waals surface area contributed by atoms with E-state index in [-0.39, 0.29) is 11.3 Å². The molecule has 3 N–H and O–H groups in total. The fourth-order valence-corrected chi connectivity index (χ4v) is 1.92. The first-order valence-electron chi connectivity index (χ1n) is 5.57. The molecule has 0 aromatic heterocycles. The number of hydrogen-bond acceptors (Lipinski definition) is 3. The van der Waals surface area contributed by atoms with Crippen LogP contribution >= 0.6 is 11.6 Å². The highest BCUT2D eigenvalue weighted by atomic mass is 35.5. The highest BCUT2D eigenvalue weighted by Crippen LogP contribution is 2.21. The highest BCUT2D eigenvalue weighted by molar-refractivity contribution is 6.30. The van der Waals surface area contributed by atoms with E-state index < -0.39 is 5.97 Å². The Bertz CT molecular complexity index is 596. The Kier molecular flexibility index (Phi) is 4.04. The summed E-state index contributed by atoms with van der Waals surface area (Å²) < 4.78 is 0. The summed E-state index contributed by atoms with van der Waals surface area (Å²) in [5, 5.41) is 9.74. The lowest BCUT2D eigenvalue weighted by molar-refractivity contribution is 0.0692. The molecular weight excluding hydrogens is 266 g/mol. The van der Waals surface area contributed by atoms with Gasteiger partial charge in [0.25, 0.3) is 0 Å². The molecule has 2 aromatic carbocycles. The zero-order chi connectivity index (χ0) is 13.8. The largest absolute Gasteiger partial charge is 0.478 e. The van der Waals surface area contributed by atoms with E-state index in [0.717, 1.165) is 11.1 Å². The molecule has 0 spiro atoms. The molecule has 0 amide bonds. The molecule has 98 valence electrons. The van der Waals surface area contributed by atoms with Crippen LogP contribution in [0.2, 0.25) is 5.02 Å². The molecule has 0 fully saturated rings. The summed E-state index contributed by atoms with van der Waals surface area (Å²) in [6, 6.07) is 12.3. The second kappa shape index (κ2) is 5.73. The smallest absolute Gasteiger partial charge is 0.339 e. The number of aromatic carboxylic acids is 1. The maximum absolute atomic E-state index is 11.1. The van der Waals surface area contributed by atoms with Crippen LogP contribution in [-0.2, 0) is 6.42 Å². The number of carboxylic acids is 1. The van der Waals surface area contributed by atoms with Crippen LogP contribution in [0.25, 0.3) is 0 Å². The topological polar surface area (TPSA) is 72.5 Å². The minimum atomic E-state index is -1.07. The van der Waals surface area contributed by atoms with Gasteiger partial charge in [-0.1, -0.05) is 29.8 Å². The van der Waals surface area contributed by atoms with Gasteiger partial charge in [-0.15, -0.1) is 0 Å². The average Bonchev–Trinajstić information content (AvgIpc) is 2.41. The lowest BCUT2D eigenvalue weighted by Crippen LogP contribution is -2.08. The highest BCUT2D eigenvalue weighted by Gasteiger charge is 2.12. The third-order valence-electron chi connectivity index (χ3n) is 2.72. The number of rotatable bonds is 4. The van der Waals surface area contributed by atoms with Crippen molar-refractivity contribution in [2.75, 3.05) is 0 Å². The number of halogens is 1. The molecule has 0 heterocycles. The molecule has 2 aromatic rings.